The van der Waals surface area contributed by atoms with Crippen LogP contribution in [0.5, 0.6) is 0 Å². The molecule has 2 atom stereocenters. The molecule has 1 saturated heterocycles. The van der Waals surface area contributed by atoms with Crippen molar-refractivity contribution in [2.45, 2.75) is 45.6 Å². The van der Waals surface area contributed by atoms with Crippen LogP contribution in [0.25, 0.3) is 0 Å². The van der Waals surface area contributed by atoms with Gasteiger partial charge in [-0.15, -0.1) is 11.3 Å². The minimum Gasteiger partial charge on any atom is -0.393 e. The first-order valence-electron chi connectivity index (χ1n) is 6.72. The number of thiazole rings is 1. The van der Waals surface area contributed by atoms with E-state index in [2.05, 4.69) is 25.8 Å². The number of carbonyl (C=O) groups excluding carboxylic acids is 1. The number of nitrogens with zero attached hydrogens (tertiary/aromatic N) is 2. The molecular weight excluding hydrogens is 260 g/mol. The van der Waals surface area contributed by atoms with Gasteiger partial charge in [-0.25, -0.2) is 4.98 Å². The number of aliphatic hydroxyl groups excluding tert-OH is 1. The predicted molar refractivity (Wildman–Crippen MR) is 76.5 cm³/mol. The summed E-state index contributed by atoms with van der Waals surface area (Å²) >= 11 is 1.48. The van der Waals surface area contributed by atoms with E-state index in [1.807, 2.05) is 4.90 Å². The van der Waals surface area contributed by atoms with Crippen LogP contribution in [0.3, 0.4) is 0 Å². The van der Waals surface area contributed by atoms with Crippen molar-refractivity contribution >= 4 is 17.2 Å². The Kier molecular flexibility index (Phi) is 3.97. The zero-order chi connectivity index (χ0) is 14.2. The summed E-state index contributed by atoms with van der Waals surface area (Å²) in [6.45, 7) is 9.47. The molecule has 1 aromatic heterocycles. The van der Waals surface area contributed by atoms with Crippen LogP contribution in [0.15, 0.2) is 6.20 Å². The van der Waals surface area contributed by atoms with E-state index < -0.39 is 0 Å². The Labute approximate surface area is 118 Å². The number of hydrogen-bond acceptors (Lipinski definition) is 4. The molecule has 0 radical (unpaired) electrons. The van der Waals surface area contributed by atoms with Crippen LogP contribution in [0.1, 0.15) is 48.8 Å². The fourth-order valence-corrected chi connectivity index (χ4v) is 3.18. The second kappa shape index (κ2) is 5.21. The largest absolute Gasteiger partial charge is 0.393 e. The Hall–Kier alpha value is -0.940. The molecule has 1 aliphatic heterocycles. The lowest BCUT2D eigenvalue weighted by Crippen LogP contribution is -2.29. The number of rotatable bonds is 2. The Balaban J connectivity index is 2.07. The highest BCUT2D eigenvalue weighted by atomic mass is 32.1. The summed E-state index contributed by atoms with van der Waals surface area (Å²) in [6, 6.07) is 0. The summed E-state index contributed by atoms with van der Waals surface area (Å²) in [5, 5.41) is 10.6. The maximum Gasteiger partial charge on any atom is 0.265 e. The first kappa shape index (κ1) is 14.5. The molecule has 2 rings (SSSR count). The zero-order valence-corrected chi connectivity index (χ0v) is 12.8. The maximum absolute atomic E-state index is 12.4. The van der Waals surface area contributed by atoms with Crippen molar-refractivity contribution in [1.29, 1.82) is 0 Å². The topological polar surface area (TPSA) is 53.4 Å². The minimum atomic E-state index is -0.343. The molecule has 19 heavy (non-hydrogen) atoms. The van der Waals surface area contributed by atoms with Crippen molar-refractivity contribution in [2.24, 2.45) is 5.92 Å². The predicted octanol–water partition coefficient (Wildman–Crippen LogP) is 2.28. The molecule has 0 spiro atoms. The van der Waals surface area contributed by atoms with Crippen molar-refractivity contribution in [2.75, 3.05) is 13.1 Å². The van der Waals surface area contributed by atoms with Gasteiger partial charge in [0, 0.05) is 24.4 Å². The van der Waals surface area contributed by atoms with Crippen molar-refractivity contribution in [3.8, 4) is 0 Å². The normalized spacial score (nSPS) is 21.7. The van der Waals surface area contributed by atoms with Gasteiger partial charge in [0.15, 0.2) is 0 Å². The van der Waals surface area contributed by atoms with Gasteiger partial charge in [0.25, 0.3) is 5.91 Å². The Morgan fingerprint density at radius 2 is 2.26 bits per heavy atom. The average Bonchev–Trinajstić information content (AvgIpc) is 2.97. The average molecular weight is 282 g/mol. The molecule has 0 aromatic carbocycles. The lowest BCUT2D eigenvalue weighted by atomic mass is 9.98. The first-order chi connectivity index (χ1) is 8.79. The molecule has 0 aliphatic carbocycles. The standard InChI is InChI=1S/C14H22N2O2S/c1-9(17)10-5-6-16(8-10)12(18)11-7-15-13(19-11)14(2,3)4/h7,9-10,17H,5-6,8H2,1-4H3. The third-order valence-electron chi connectivity index (χ3n) is 3.55. The van der Waals surface area contributed by atoms with E-state index >= 15 is 0 Å². The molecule has 0 saturated carbocycles. The lowest BCUT2D eigenvalue weighted by Gasteiger charge is -2.17. The number of amides is 1. The molecule has 2 heterocycles. The van der Waals surface area contributed by atoms with Gasteiger partial charge >= 0.3 is 0 Å². The van der Waals surface area contributed by atoms with Gasteiger partial charge in [0.1, 0.15) is 4.88 Å². The van der Waals surface area contributed by atoms with Gasteiger partial charge in [-0.3, -0.25) is 4.79 Å². The van der Waals surface area contributed by atoms with E-state index in [-0.39, 0.29) is 23.3 Å². The van der Waals surface area contributed by atoms with Gasteiger partial charge in [-0.05, 0) is 13.3 Å². The minimum absolute atomic E-state index is 0.0175. The highest BCUT2D eigenvalue weighted by molar-refractivity contribution is 7.13. The molecule has 1 fully saturated rings. The van der Waals surface area contributed by atoms with Crippen LogP contribution in [0.4, 0.5) is 0 Å². The third-order valence-corrected chi connectivity index (χ3v) is 4.96. The van der Waals surface area contributed by atoms with Crippen LogP contribution >= 0.6 is 11.3 Å². The fourth-order valence-electron chi connectivity index (χ4n) is 2.24. The van der Waals surface area contributed by atoms with Crippen molar-refractivity contribution in [3.05, 3.63) is 16.1 Å². The molecule has 4 nitrogen and oxygen atoms in total. The summed E-state index contributed by atoms with van der Waals surface area (Å²) < 4.78 is 0. The zero-order valence-electron chi connectivity index (χ0n) is 12.0. The Morgan fingerprint density at radius 3 is 2.74 bits per heavy atom. The van der Waals surface area contributed by atoms with E-state index in [1.165, 1.54) is 11.3 Å². The third kappa shape index (κ3) is 3.15. The molecule has 1 N–H and O–H groups in total. The van der Waals surface area contributed by atoms with Crippen molar-refractivity contribution in [1.82, 2.24) is 9.88 Å². The number of hydrogen-bond donors (Lipinski definition) is 1. The van der Waals surface area contributed by atoms with Gasteiger partial charge < -0.3 is 10.0 Å². The van der Waals surface area contributed by atoms with Crippen LogP contribution in [0.2, 0.25) is 0 Å². The number of aliphatic hydroxyl groups is 1. The highest BCUT2D eigenvalue weighted by Crippen LogP contribution is 2.29. The molecule has 0 bridgehead atoms. The van der Waals surface area contributed by atoms with E-state index in [1.54, 1.807) is 13.1 Å². The highest BCUT2D eigenvalue weighted by Gasteiger charge is 2.31. The van der Waals surface area contributed by atoms with E-state index in [9.17, 15) is 9.90 Å². The Morgan fingerprint density at radius 1 is 1.58 bits per heavy atom. The maximum atomic E-state index is 12.4. The van der Waals surface area contributed by atoms with Crippen LogP contribution in [-0.4, -0.2) is 40.1 Å². The summed E-state index contributed by atoms with van der Waals surface area (Å²) in [7, 11) is 0. The second-order valence-corrected chi connectivity index (χ2v) is 7.35. The number of aromatic nitrogens is 1. The van der Waals surface area contributed by atoms with Crippen LogP contribution in [-0.2, 0) is 5.41 Å². The molecule has 1 amide bonds. The summed E-state index contributed by atoms with van der Waals surface area (Å²) in [6.07, 6.45) is 2.22. The quantitative estimate of drug-likeness (QED) is 0.905. The first-order valence-corrected chi connectivity index (χ1v) is 7.54. The van der Waals surface area contributed by atoms with Gasteiger partial charge in [-0.1, -0.05) is 20.8 Å². The van der Waals surface area contributed by atoms with E-state index in [0.717, 1.165) is 18.0 Å². The number of likely N-dealkylation sites (tertiary alicyclic amines) is 1. The molecule has 1 aromatic rings. The second-order valence-electron chi connectivity index (χ2n) is 6.32. The van der Waals surface area contributed by atoms with Gasteiger partial charge in [-0.2, -0.15) is 0 Å². The van der Waals surface area contributed by atoms with Gasteiger partial charge in [0.05, 0.1) is 17.3 Å². The Bertz CT molecular complexity index is 462. The molecular formula is C14H22N2O2S. The van der Waals surface area contributed by atoms with Gasteiger partial charge in [0.2, 0.25) is 0 Å². The van der Waals surface area contributed by atoms with E-state index in [4.69, 9.17) is 0 Å². The van der Waals surface area contributed by atoms with E-state index in [0.29, 0.717) is 11.4 Å². The molecule has 1 aliphatic rings. The summed E-state index contributed by atoms with van der Waals surface area (Å²) in [5.74, 6) is 0.259. The smallest absolute Gasteiger partial charge is 0.265 e. The van der Waals surface area contributed by atoms with Crippen molar-refractivity contribution < 1.29 is 9.90 Å². The summed E-state index contributed by atoms with van der Waals surface area (Å²) in [4.78, 5) is 19.3. The van der Waals surface area contributed by atoms with Crippen LogP contribution in [0, 0.1) is 5.92 Å². The molecule has 106 valence electrons. The monoisotopic (exact) mass is 282 g/mol. The molecule has 5 heteroatoms. The lowest BCUT2D eigenvalue weighted by molar-refractivity contribution is 0.0767. The number of carbonyl (C=O) groups is 1. The fraction of sp³-hybridized carbons (Fsp3) is 0.714. The SMILES string of the molecule is CC(O)C1CCN(C(=O)c2cnc(C(C)(C)C)s2)C1. The summed E-state index contributed by atoms with van der Waals surface area (Å²) in [5.41, 5.74) is -0.0175. The molecule has 2 unspecified atom stereocenters. The van der Waals surface area contributed by atoms with Crippen LogP contribution < -0.4 is 0 Å². The van der Waals surface area contributed by atoms with Crippen molar-refractivity contribution in [3.63, 3.8) is 0 Å².